The van der Waals surface area contributed by atoms with Crippen LogP contribution in [0.5, 0.6) is 5.75 Å². The van der Waals surface area contributed by atoms with E-state index < -0.39 is 36.0 Å². The van der Waals surface area contributed by atoms with Crippen molar-refractivity contribution in [1.29, 1.82) is 0 Å². The average molecular weight is 547 g/mol. The maximum absolute atomic E-state index is 13.4. The number of carbonyl (C=O) groups excluding carboxylic acids is 4. The van der Waals surface area contributed by atoms with Crippen LogP contribution in [-0.2, 0) is 32.1 Å². The third kappa shape index (κ3) is 9.58. The molecule has 210 valence electrons. The second kappa shape index (κ2) is 15.1. The molecule has 0 aliphatic carbocycles. The summed E-state index contributed by atoms with van der Waals surface area (Å²) in [5.74, 6) is -1.48. The van der Waals surface area contributed by atoms with Gasteiger partial charge in [-0.15, -0.1) is 0 Å². The molecule has 0 bridgehead atoms. The summed E-state index contributed by atoms with van der Waals surface area (Å²) in [7, 11) is 1.28. The number of hydrogen-bond donors (Lipinski definition) is 2. The third-order valence-corrected chi connectivity index (χ3v) is 5.91. The zero-order valence-corrected chi connectivity index (χ0v) is 22.8. The van der Waals surface area contributed by atoms with Gasteiger partial charge in [-0.05, 0) is 47.7 Å². The molecule has 0 fully saturated rings. The molecule has 40 heavy (non-hydrogen) atoms. The van der Waals surface area contributed by atoms with Gasteiger partial charge in [0.05, 0.1) is 12.7 Å². The van der Waals surface area contributed by atoms with Crippen molar-refractivity contribution in [3.63, 3.8) is 0 Å². The molecule has 0 unspecified atom stereocenters. The standard InChI is InChI=1S/C31H34N2O7/c1-21(2)18-26(33-31(37)39-20-23-12-8-5-9-13-23)28(34)32-27(19-22-10-6-4-7-11-22)30(36)40-25-16-14-24(15-17-25)29(35)38-3/h4-17,21,26-27H,18-20H2,1-3H3,(H,32,34)(H,33,37)/t26-,27+/m1/s1. The fourth-order valence-corrected chi connectivity index (χ4v) is 3.89. The van der Waals surface area contributed by atoms with Gasteiger partial charge in [-0.2, -0.15) is 0 Å². The number of ether oxygens (including phenoxy) is 3. The highest BCUT2D eigenvalue weighted by Gasteiger charge is 2.29. The Morgan fingerprint density at radius 3 is 1.93 bits per heavy atom. The molecule has 3 rings (SSSR count). The van der Waals surface area contributed by atoms with Gasteiger partial charge in [-0.25, -0.2) is 14.4 Å². The number of benzene rings is 3. The minimum atomic E-state index is -1.05. The molecule has 3 aromatic carbocycles. The molecule has 0 saturated heterocycles. The van der Waals surface area contributed by atoms with Crippen LogP contribution in [0, 0.1) is 5.92 Å². The first-order valence-electron chi connectivity index (χ1n) is 13.0. The van der Waals surface area contributed by atoms with E-state index in [1.54, 1.807) is 0 Å². The molecule has 0 saturated carbocycles. The van der Waals surface area contributed by atoms with Crippen LogP contribution >= 0.6 is 0 Å². The molecule has 0 spiro atoms. The third-order valence-electron chi connectivity index (χ3n) is 5.91. The Morgan fingerprint density at radius 2 is 1.35 bits per heavy atom. The van der Waals surface area contributed by atoms with Gasteiger partial charge in [0.2, 0.25) is 5.91 Å². The first-order chi connectivity index (χ1) is 19.2. The number of nitrogens with one attached hydrogen (secondary N) is 2. The van der Waals surface area contributed by atoms with Gasteiger partial charge in [0, 0.05) is 6.42 Å². The second-order valence-electron chi connectivity index (χ2n) is 9.58. The Hall–Kier alpha value is -4.66. The van der Waals surface area contributed by atoms with Crippen LogP contribution in [0.2, 0.25) is 0 Å². The summed E-state index contributed by atoms with van der Waals surface area (Å²) < 4.78 is 15.5. The Bertz CT molecular complexity index is 1260. The van der Waals surface area contributed by atoms with E-state index in [1.165, 1.54) is 31.4 Å². The number of esters is 2. The molecular weight excluding hydrogens is 512 g/mol. The minimum absolute atomic E-state index is 0.0560. The highest BCUT2D eigenvalue weighted by atomic mass is 16.5. The largest absolute Gasteiger partial charge is 0.465 e. The van der Waals surface area contributed by atoms with E-state index in [2.05, 4.69) is 15.4 Å². The molecule has 2 amide bonds. The molecule has 2 atom stereocenters. The van der Waals surface area contributed by atoms with Gasteiger partial charge in [-0.1, -0.05) is 74.5 Å². The van der Waals surface area contributed by atoms with Crippen molar-refractivity contribution in [2.75, 3.05) is 7.11 Å². The number of rotatable bonds is 12. The summed E-state index contributed by atoms with van der Waals surface area (Å²) in [6.45, 7) is 3.90. The highest BCUT2D eigenvalue weighted by Crippen LogP contribution is 2.15. The van der Waals surface area contributed by atoms with Crippen LogP contribution in [-0.4, -0.2) is 43.1 Å². The predicted molar refractivity (Wildman–Crippen MR) is 148 cm³/mol. The summed E-state index contributed by atoms with van der Waals surface area (Å²) in [5.41, 5.74) is 1.92. The normalized spacial score (nSPS) is 12.1. The van der Waals surface area contributed by atoms with Crippen LogP contribution in [0.25, 0.3) is 0 Å². The van der Waals surface area contributed by atoms with E-state index in [0.717, 1.165) is 11.1 Å². The van der Waals surface area contributed by atoms with E-state index in [-0.39, 0.29) is 24.7 Å². The van der Waals surface area contributed by atoms with Crippen molar-refractivity contribution >= 4 is 23.9 Å². The lowest BCUT2D eigenvalue weighted by Crippen LogP contribution is -2.53. The first-order valence-corrected chi connectivity index (χ1v) is 13.0. The maximum atomic E-state index is 13.4. The van der Waals surface area contributed by atoms with Crippen molar-refractivity contribution in [3.05, 3.63) is 102 Å². The topological polar surface area (TPSA) is 120 Å². The molecule has 0 aromatic heterocycles. The Kier molecular flexibility index (Phi) is 11.3. The Balaban J connectivity index is 1.71. The molecule has 0 aliphatic rings. The average Bonchev–Trinajstić information content (AvgIpc) is 2.96. The first kappa shape index (κ1) is 29.9. The summed E-state index contributed by atoms with van der Waals surface area (Å²) >= 11 is 0. The van der Waals surface area contributed by atoms with Gasteiger partial charge in [-0.3, -0.25) is 4.79 Å². The quantitative estimate of drug-likeness (QED) is 0.254. The van der Waals surface area contributed by atoms with Crippen molar-refractivity contribution in [2.24, 2.45) is 5.92 Å². The summed E-state index contributed by atoms with van der Waals surface area (Å²) in [5, 5.41) is 5.38. The smallest absolute Gasteiger partial charge is 0.408 e. The molecule has 9 heteroatoms. The lowest BCUT2D eigenvalue weighted by molar-refractivity contribution is -0.139. The summed E-state index contributed by atoms with van der Waals surface area (Å²) in [6.07, 6.45) is -0.245. The number of methoxy groups -OCH3 is 1. The van der Waals surface area contributed by atoms with Gasteiger partial charge in [0.15, 0.2) is 0 Å². The van der Waals surface area contributed by atoms with Crippen molar-refractivity contribution in [3.8, 4) is 5.75 Å². The van der Waals surface area contributed by atoms with Crippen molar-refractivity contribution in [1.82, 2.24) is 10.6 Å². The molecule has 0 heterocycles. The van der Waals surface area contributed by atoms with Gasteiger partial charge >= 0.3 is 18.0 Å². The number of carbonyl (C=O) groups is 4. The number of amides is 2. The number of hydrogen-bond acceptors (Lipinski definition) is 7. The highest BCUT2D eigenvalue weighted by molar-refractivity contribution is 5.91. The lowest BCUT2D eigenvalue weighted by atomic mass is 10.0. The van der Waals surface area contributed by atoms with Crippen LogP contribution in [0.4, 0.5) is 4.79 Å². The summed E-state index contributed by atoms with van der Waals surface area (Å²) in [6, 6.07) is 22.3. The van der Waals surface area contributed by atoms with E-state index in [1.807, 2.05) is 74.5 Å². The Labute approximate surface area is 233 Å². The van der Waals surface area contributed by atoms with Crippen molar-refractivity contribution < 1.29 is 33.4 Å². The van der Waals surface area contributed by atoms with Crippen LogP contribution in [0.1, 0.15) is 41.8 Å². The zero-order chi connectivity index (χ0) is 28.9. The van der Waals surface area contributed by atoms with Gasteiger partial charge in [0.1, 0.15) is 24.4 Å². The zero-order valence-electron chi connectivity index (χ0n) is 22.8. The monoisotopic (exact) mass is 546 g/mol. The van der Waals surface area contributed by atoms with Crippen molar-refractivity contribution in [2.45, 2.75) is 45.4 Å². The molecule has 0 radical (unpaired) electrons. The predicted octanol–water partition coefficient (Wildman–Crippen LogP) is 4.45. The molecule has 3 aromatic rings. The van der Waals surface area contributed by atoms with Crippen LogP contribution in [0.3, 0.4) is 0 Å². The molecular formula is C31H34N2O7. The van der Waals surface area contributed by atoms with E-state index in [9.17, 15) is 19.2 Å². The van der Waals surface area contributed by atoms with Gasteiger partial charge < -0.3 is 24.8 Å². The second-order valence-corrected chi connectivity index (χ2v) is 9.58. The van der Waals surface area contributed by atoms with Gasteiger partial charge in [0.25, 0.3) is 0 Å². The molecule has 0 aliphatic heterocycles. The lowest BCUT2D eigenvalue weighted by Gasteiger charge is -2.23. The Morgan fingerprint density at radius 1 is 0.750 bits per heavy atom. The fraction of sp³-hybridized carbons (Fsp3) is 0.290. The molecule has 9 nitrogen and oxygen atoms in total. The maximum Gasteiger partial charge on any atom is 0.408 e. The SMILES string of the molecule is COC(=O)c1ccc(OC(=O)[C@H](Cc2ccccc2)NC(=O)[C@@H](CC(C)C)NC(=O)OCc2ccccc2)cc1. The van der Waals surface area contributed by atoms with E-state index >= 15 is 0 Å². The fourth-order valence-electron chi connectivity index (χ4n) is 3.89. The molecule has 2 N–H and O–H groups in total. The van der Waals surface area contributed by atoms with Crippen LogP contribution < -0.4 is 15.4 Å². The minimum Gasteiger partial charge on any atom is -0.465 e. The van der Waals surface area contributed by atoms with E-state index in [4.69, 9.17) is 9.47 Å². The van der Waals surface area contributed by atoms with E-state index in [0.29, 0.717) is 12.0 Å². The van der Waals surface area contributed by atoms with Crippen LogP contribution in [0.15, 0.2) is 84.9 Å². The summed E-state index contributed by atoms with van der Waals surface area (Å²) in [4.78, 5) is 50.8. The number of alkyl carbamates (subject to hydrolysis) is 1.